The Bertz CT molecular complexity index is 323. The smallest absolute Gasteiger partial charge is 0.317 e. The van der Waals surface area contributed by atoms with Crippen molar-refractivity contribution in [2.75, 3.05) is 39.3 Å². The van der Waals surface area contributed by atoms with Crippen LogP contribution in [0.25, 0.3) is 0 Å². The van der Waals surface area contributed by atoms with Crippen molar-refractivity contribution >= 4 is 12.0 Å². The van der Waals surface area contributed by atoms with Crippen molar-refractivity contribution in [2.45, 2.75) is 19.8 Å². The van der Waals surface area contributed by atoms with Crippen LogP contribution in [0.1, 0.15) is 19.8 Å². The molecule has 0 unspecified atom stereocenters. The molecule has 0 bridgehead atoms. The molecule has 0 saturated carbocycles. The molecule has 0 aromatic carbocycles. The van der Waals surface area contributed by atoms with E-state index in [1.807, 2.05) is 19.1 Å². The largest absolute Gasteiger partial charge is 0.481 e. The number of hydrogen-bond acceptors (Lipinski definition) is 3. The Morgan fingerprint density at radius 3 is 2.53 bits per heavy atom. The number of allylic oxidation sites excluding steroid dienone is 1. The number of amides is 2. The van der Waals surface area contributed by atoms with E-state index in [-0.39, 0.29) is 12.5 Å². The summed E-state index contributed by atoms with van der Waals surface area (Å²) in [6, 6.07) is -0.0256. The molecule has 6 heteroatoms. The van der Waals surface area contributed by atoms with Crippen LogP contribution in [-0.2, 0) is 4.79 Å². The van der Waals surface area contributed by atoms with Crippen molar-refractivity contribution in [1.29, 1.82) is 0 Å². The van der Waals surface area contributed by atoms with E-state index in [0.717, 1.165) is 19.5 Å². The van der Waals surface area contributed by atoms with E-state index in [0.29, 0.717) is 26.2 Å². The van der Waals surface area contributed by atoms with Crippen LogP contribution in [0.5, 0.6) is 0 Å². The summed E-state index contributed by atoms with van der Waals surface area (Å²) in [5.41, 5.74) is 0. The first kappa shape index (κ1) is 15.5. The maximum Gasteiger partial charge on any atom is 0.317 e. The third-order valence-corrected chi connectivity index (χ3v) is 3.12. The second-order valence-electron chi connectivity index (χ2n) is 4.56. The average Bonchev–Trinajstić information content (AvgIpc) is 2.41. The maximum atomic E-state index is 11.8. The van der Waals surface area contributed by atoms with Crippen LogP contribution in [-0.4, -0.2) is 66.2 Å². The quantitative estimate of drug-likeness (QED) is 0.551. The third kappa shape index (κ3) is 6.24. The lowest BCUT2D eigenvalue weighted by atomic mass is 10.3. The lowest BCUT2D eigenvalue weighted by molar-refractivity contribution is -0.137. The first-order valence-corrected chi connectivity index (χ1v) is 6.71. The molecule has 2 N–H and O–H groups in total. The Hall–Kier alpha value is -1.56. The van der Waals surface area contributed by atoms with Crippen LogP contribution in [0.2, 0.25) is 0 Å². The summed E-state index contributed by atoms with van der Waals surface area (Å²) < 4.78 is 0. The van der Waals surface area contributed by atoms with Gasteiger partial charge < -0.3 is 15.3 Å². The number of rotatable bonds is 6. The van der Waals surface area contributed by atoms with Gasteiger partial charge in [0.15, 0.2) is 0 Å². The van der Waals surface area contributed by atoms with Gasteiger partial charge in [-0.15, -0.1) is 0 Å². The normalized spacial score (nSPS) is 16.8. The summed E-state index contributed by atoms with van der Waals surface area (Å²) in [5.74, 6) is -0.774. The minimum atomic E-state index is -0.774. The molecule has 19 heavy (non-hydrogen) atoms. The number of carboxylic acid groups (broad SMARTS) is 1. The molecular weight excluding hydrogens is 246 g/mol. The Kier molecular flexibility index (Phi) is 6.95. The molecule has 0 atom stereocenters. The molecule has 1 aliphatic rings. The highest BCUT2D eigenvalue weighted by molar-refractivity contribution is 5.74. The number of carbonyl (C=O) groups excluding carboxylic acids is 1. The van der Waals surface area contributed by atoms with E-state index in [2.05, 4.69) is 10.2 Å². The van der Waals surface area contributed by atoms with Gasteiger partial charge in [0.2, 0.25) is 0 Å². The standard InChI is InChI=1S/C13H23N3O3/c1-2-3-4-6-14-13(19)16-10-8-15(9-11-16)7-5-12(17)18/h2-3H,4-11H2,1H3,(H,14,19)(H,17,18)/b3-2+. The predicted molar refractivity (Wildman–Crippen MR) is 73.1 cm³/mol. The number of urea groups is 1. The summed E-state index contributed by atoms with van der Waals surface area (Å²) in [5, 5.41) is 11.5. The SMILES string of the molecule is C/C=C/CCNC(=O)N1CCN(CCC(=O)O)CC1. The fourth-order valence-corrected chi connectivity index (χ4v) is 1.97. The van der Waals surface area contributed by atoms with Crippen LogP contribution in [0.15, 0.2) is 12.2 Å². The predicted octanol–water partition coefficient (Wildman–Crippen LogP) is 0.755. The van der Waals surface area contributed by atoms with Gasteiger partial charge in [-0.3, -0.25) is 9.69 Å². The molecule has 1 heterocycles. The molecule has 1 aliphatic heterocycles. The van der Waals surface area contributed by atoms with Crippen molar-refractivity contribution < 1.29 is 14.7 Å². The molecule has 0 radical (unpaired) electrons. The third-order valence-electron chi connectivity index (χ3n) is 3.12. The Balaban J connectivity index is 2.17. The summed E-state index contributed by atoms with van der Waals surface area (Å²) in [4.78, 5) is 26.2. The first-order valence-electron chi connectivity index (χ1n) is 6.71. The fraction of sp³-hybridized carbons (Fsp3) is 0.692. The zero-order valence-corrected chi connectivity index (χ0v) is 11.5. The highest BCUT2D eigenvalue weighted by Crippen LogP contribution is 2.02. The number of carboxylic acids is 1. The van der Waals surface area contributed by atoms with Gasteiger partial charge in [-0.1, -0.05) is 12.2 Å². The molecule has 0 aromatic heterocycles. The van der Waals surface area contributed by atoms with Gasteiger partial charge in [0.05, 0.1) is 6.42 Å². The minimum Gasteiger partial charge on any atom is -0.481 e. The number of hydrogen-bond donors (Lipinski definition) is 2. The molecule has 1 fully saturated rings. The zero-order valence-electron chi connectivity index (χ0n) is 11.5. The van der Waals surface area contributed by atoms with E-state index in [1.165, 1.54) is 0 Å². The van der Waals surface area contributed by atoms with Crippen LogP contribution < -0.4 is 5.32 Å². The molecule has 2 amide bonds. The van der Waals surface area contributed by atoms with Crippen molar-refractivity contribution in [3.05, 3.63) is 12.2 Å². The fourth-order valence-electron chi connectivity index (χ4n) is 1.97. The maximum absolute atomic E-state index is 11.8. The van der Waals surface area contributed by atoms with E-state index in [1.54, 1.807) is 4.90 Å². The minimum absolute atomic E-state index is 0.0256. The average molecular weight is 269 g/mol. The summed E-state index contributed by atoms with van der Waals surface area (Å²) >= 11 is 0. The van der Waals surface area contributed by atoms with Gasteiger partial charge in [0.1, 0.15) is 0 Å². The van der Waals surface area contributed by atoms with Gasteiger partial charge in [0, 0.05) is 39.3 Å². The molecule has 108 valence electrons. The molecule has 0 aliphatic carbocycles. The number of piperazine rings is 1. The van der Waals surface area contributed by atoms with Crippen molar-refractivity contribution in [3.63, 3.8) is 0 Å². The lowest BCUT2D eigenvalue weighted by Crippen LogP contribution is -2.52. The Morgan fingerprint density at radius 2 is 1.95 bits per heavy atom. The second kappa shape index (κ2) is 8.53. The van der Waals surface area contributed by atoms with Crippen molar-refractivity contribution in [3.8, 4) is 0 Å². The summed E-state index contributed by atoms with van der Waals surface area (Å²) in [7, 11) is 0. The molecule has 0 spiro atoms. The van der Waals surface area contributed by atoms with E-state index in [9.17, 15) is 9.59 Å². The van der Waals surface area contributed by atoms with Gasteiger partial charge in [0.25, 0.3) is 0 Å². The van der Waals surface area contributed by atoms with Crippen LogP contribution in [0, 0.1) is 0 Å². The highest BCUT2D eigenvalue weighted by atomic mass is 16.4. The van der Waals surface area contributed by atoms with Gasteiger partial charge in [-0.25, -0.2) is 4.79 Å². The number of carbonyl (C=O) groups is 2. The highest BCUT2D eigenvalue weighted by Gasteiger charge is 2.20. The van der Waals surface area contributed by atoms with E-state index in [4.69, 9.17) is 5.11 Å². The van der Waals surface area contributed by atoms with Crippen LogP contribution in [0.3, 0.4) is 0 Å². The van der Waals surface area contributed by atoms with E-state index >= 15 is 0 Å². The monoisotopic (exact) mass is 269 g/mol. The molecule has 1 saturated heterocycles. The number of nitrogens with zero attached hydrogens (tertiary/aromatic N) is 2. The Morgan fingerprint density at radius 1 is 1.26 bits per heavy atom. The molecule has 6 nitrogen and oxygen atoms in total. The van der Waals surface area contributed by atoms with Gasteiger partial charge in [-0.05, 0) is 13.3 Å². The van der Waals surface area contributed by atoms with Crippen LogP contribution >= 0.6 is 0 Å². The van der Waals surface area contributed by atoms with Crippen LogP contribution in [0.4, 0.5) is 4.79 Å². The molecule has 1 rings (SSSR count). The second-order valence-corrected chi connectivity index (χ2v) is 4.56. The summed E-state index contributed by atoms with van der Waals surface area (Å²) in [6.07, 6.45) is 4.99. The topological polar surface area (TPSA) is 72.9 Å². The molecular formula is C13H23N3O3. The first-order chi connectivity index (χ1) is 9.13. The van der Waals surface area contributed by atoms with Crippen molar-refractivity contribution in [2.24, 2.45) is 0 Å². The number of nitrogens with one attached hydrogen (secondary N) is 1. The molecule has 0 aromatic rings. The van der Waals surface area contributed by atoms with Gasteiger partial charge in [-0.2, -0.15) is 0 Å². The van der Waals surface area contributed by atoms with E-state index < -0.39 is 5.97 Å². The van der Waals surface area contributed by atoms with Crippen molar-refractivity contribution in [1.82, 2.24) is 15.1 Å². The zero-order chi connectivity index (χ0) is 14.1. The summed E-state index contributed by atoms with van der Waals surface area (Å²) in [6.45, 7) is 5.99. The number of aliphatic carboxylic acids is 1. The van der Waals surface area contributed by atoms with Gasteiger partial charge >= 0.3 is 12.0 Å². The Labute approximate surface area is 114 Å². The lowest BCUT2D eigenvalue weighted by Gasteiger charge is -2.34.